The van der Waals surface area contributed by atoms with Gasteiger partial charge in [-0.3, -0.25) is 0 Å². The molecule has 1 N–H and O–H groups in total. The van der Waals surface area contributed by atoms with Gasteiger partial charge in [-0.1, -0.05) is 17.7 Å². The molecule has 90 valence electrons. The molecule has 0 unspecified atom stereocenters. The van der Waals surface area contributed by atoms with Gasteiger partial charge in [-0.2, -0.15) is 0 Å². The minimum atomic E-state index is 0.465. The van der Waals surface area contributed by atoms with Gasteiger partial charge in [0.25, 0.3) is 0 Å². The third kappa shape index (κ3) is 3.36. The Morgan fingerprint density at radius 1 is 1.06 bits per heavy atom. The summed E-state index contributed by atoms with van der Waals surface area (Å²) in [7, 11) is 1.89. The largest absolute Gasteiger partial charge is 0.486 e. The molecule has 0 fully saturated rings. The van der Waals surface area contributed by atoms with Crippen molar-refractivity contribution in [2.24, 2.45) is 0 Å². The fraction of sp³-hybridized carbons (Fsp3) is 0.286. The number of ether oxygens (including phenoxy) is 1. The van der Waals surface area contributed by atoms with Crippen molar-refractivity contribution in [2.45, 2.75) is 20.1 Å². The van der Waals surface area contributed by atoms with E-state index in [0.717, 1.165) is 23.8 Å². The summed E-state index contributed by atoms with van der Waals surface area (Å²) in [4.78, 5) is 0. The molecule has 2 rings (SSSR count). The van der Waals surface area contributed by atoms with Gasteiger partial charge in [-0.15, -0.1) is 0 Å². The number of furan rings is 1. The number of rotatable bonds is 5. The summed E-state index contributed by atoms with van der Waals surface area (Å²) in [6.45, 7) is 3.26. The van der Waals surface area contributed by atoms with Crippen LogP contribution in [0.25, 0.3) is 0 Å². The zero-order valence-corrected chi connectivity index (χ0v) is 10.2. The second-order valence-electron chi connectivity index (χ2n) is 4.00. The van der Waals surface area contributed by atoms with Gasteiger partial charge in [0.05, 0.1) is 6.54 Å². The average molecular weight is 231 g/mol. The summed E-state index contributed by atoms with van der Waals surface area (Å²) in [5, 5.41) is 3.04. The second-order valence-corrected chi connectivity index (χ2v) is 4.00. The molecule has 0 bridgehead atoms. The Balaban J connectivity index is 1.90. The Hall–Kier alpha value is -1.74. The van der Waals surface area contributed by atoms with E-state index in [9.17, 15) is 0 Å². The summed E-state index contributed by atoms with van der Waals surface area (Å²) in [5.74, 6) is 2.63. The Kier molecular flexibility index (Phi) is 3.83. The van der Waals surface area contributed by atoms with Crippen molar-refractivity contribution in [3.8, 4) is 5.75 Å². The normalized spacial score (nSPS) is 10.5. The van der Waals surface area contributed by atoms with Gasteiger partial charge in [0.2, 0.25) is 0 Å². The molecule has 0 spiro atoms. The monoisotopic (exact) mass is 231 g/mol. The lowest BCUT2D eigenvalue weighted by molar-refractivity contribution is 0.265. The summed E-state index contributed by atoms with van der Waals surface area (Å²) < 4.78 is 11.2. The van der Waals surface area contributed by atoms with Gasteiger partial charge >= 0.3 is 0 Å². The molecule has 17 heavy (non-hydrogen) atoms. The van der Waals surface area contributed by atoms with Gasteiger partial charge in [-0.25, -0.2) is 0 Å². The van der Waals surface area contributed by atoms with Crippen LogP contribution in [0.5, 0.6) is 5.75 Å². The minimum Gasteiger partial charge on any atom is -0.486 e. The molecule has 0 radical (unpaired) electrons. The maximum absolute atomic E-state index is 5.62. The van der Waals surface area contributed by atoms with Crippen LogP contribution in [0.15, 0.2) is 40.8 Å². The maximum Gasteiger partial charge on any atom is 0.146 e. The predicted octanol–water partition coefficient (Wildman–Crippen LogP) is 2.89. The van der Waals surface area contributed by atoms with Crippen LogP contribution in [-0.4, -0.2) is 7.05 Å². The van der Waals surface area contributed by atoms with Crippen LogP contribution in [0.4, 0.5) is 0 Å². The standard InChI is InChI=1S/C14H17NO2/c1-11-3-5-12(6-4-11)16-10-14-8-7-13(17-14)9-15-2/h3-8,15H,9-10H2,1-2H3. The highest BCUT2D eigenvalue weighted by molar-refractivity contribution is 5.26. The van der Waals surface area contributed by atoms with E-state index in [1.54, 1.807) is 0 Å². The first kappa shape index (κ1) is 11.7. The number of hydrogen-bond acceptors (Lipinski definition) is 3. The molecule has 0 aliphatic carbocycles. The van der Waals surface area contributed by atoms with Crippen molar-refractivity contribution in [1.82, 2.24) is 5.32 Å². The van der Waals surface area contributed by atoms with Gasteiger partial charge in [0.15, 0.2) is 0 Å². The van der Waals surface area contributed by atoms with Crippen LogP contribution in [0, 0.1) is 6.92 Å². The van der Waals surface area contributed by atoms with Crippen LogP contribution < -0.4 is 10.1 Å². The SMILES string of the molecule is CNCc1ccc(COc2ccc(C)cc2)o1. The van der Waals surface area contributed by atoms with Crippen molar-refractivity contribution in [3.05, 3.63) is 53.5 Å². The average Bonchev–Trinajstić information content (AvgIpc) is 2.77. The minimum absolute atomic E-state index is 0.465. The molecular weight excluding hydrogens is 214 g/mol. The topological polar surface area (TPSA) is 34.4 Å². The molecule has 1 aromatic carbocycles. The number of nitrogens with one attached hydrogen (secondary N) is 1. The zero-order valence-electron chi connectivity index (χ0n) is 10.2. The van der Waals surface area contributed by atoms with E-state index in [4.69, 9.17) is 9.15 Å². The lowest BCUT2D eigenvalue weighted by Gasteiger charge is -2.04. The Labute approximate surface area is 101 Å². The van der Waals surface area contributed by atoms with Crippen molar-refractivity contribution in [3.63, 3.8) is 0 Å². The van der Waals surface area contributed by atoms with Crippen molar-refractivity contribution < 1.29 is 9.15 Å². The summed E-state index contributed by atoms with van der Waals surface area (Å²) >= 11 is 0. The molecule has 0 saturated carbocycles. The molecule has 0 atom stereocenters. The van der Waals surface area contributed by atoms with E-state index in [1.165, 1.54) is 5.56 Å². The molecule has 0 aliphatic rings. The summed E-state index contributed by atoms with van der Waals surface area (Å²) in [6, 6.07) is 11.9. The van der Waals surface area contributed by atoms with E-state index in [1.807, 2.05) is 43.4 Å². The third-order valence-electron chi connectivity index (χ3n) is 2.47. The lowest BCUT2D eigenvalue weighted by Crippen LogP contribution is -2.03. The maximum atomic E-state index is 5.62. The van der Waals surface area contributed by atoms with Crippen LogP contribution in [0.2, 0.25) is 0 Å². The Morgan fingerprint density at radius 2 is 1.76 bits per heavy atom. The number of aryl methyl sites for hydroxylation is 1. The highest BCUT2D eigenvalue weighted by Gasteiger charge is 2.02. The first-order valence-corrected chi connectivity index (χ1v) is 5.69. The third-order valence-corrected chi connectivity index (χ3v) is 2.47. The first-order valence-electron chi connectivity index (χ1n) is 5.69. The number of hydrogen-bond donors (Lipinski definition) is 1. The molecule has 0 amide bonds. The van der Waals surface area contributed by atoms with Crippen molar-refractivity contribution in [2.75, 3.05) is 7.05 Å². The Morgan fingerprint density at radius 3 is 2.47 bits per heavy atom. The lowest BCUT2D eigenvalue weighted by atomic mass is 10.2. The van der Waals surface area contributed by atoms with Gasteiger partial charge in [-0.05, 0) is 38.2 Å². The van der Waals surface area contributed by atoms with Crippen molar-refractivity contribution >= 4 is 0 Å². The fourth-order valence-corrected chi connectivity index (χ4v) is 1.56. The highest BCUT2D eigenvalue weighted by atomic mass is 16.5. The van der Waals surface area contributed by atoms with E-state index in [2.05, 4.69) is 12.2 Å². The molecular formula is C14H17NO2. The van der Waals surface area contributed by atoms with Gasteiger partial charge in [0, 0.05) is 0 Å². The highest BCUT2D eigenvalue weighted by Crippen LogP contribution is 2.15. The van der Waals surface area contributed by atoms with E-state index >= 15 is 0 Å². The van der Waals surface area contributed by atoms with E-state index in [-0.39, 0.29) is 0 Å². The second kappa shape index (κ2) is 5.55. The first-order chi connectivity index (χ1) is 8.28. The van der Waals surface area contributed by atoms with Crippen LogP contribution in [0.1, 0.15) is 17.1 Å². The van der Waals surface area contributed by atoms with E-state index < -0.39 is 0 Å². The smallest absolute Gasteiger partial charge is 0.146 e. The summed E-state index contributed by atoms with van der Waals surface area (Å²) in [6.07, 6.45) is 0. The Bertz CT molecular complexity index is 459. The van der Waals surface area contributed by atoms with Gasteiger partial charge < -0.3 is 14.5 Å². The molecule has 2 aromatic rings. The number of benzene rings is 1. The van der Waals surface area contributed by atoms with Crippen LogP contribution in [-0.2, 0) is 13.2 Å². The molecule has 1 heterocycles. The van der Waals surface area contributed by atoms with Gasteiger partial charge in [0.1, 0.15) is 23.9 Å². The fourth-order valence-electron chi connectivity index (χ4n) is 1.56. The van der Waals surface area contributed by atoms with Crippen LogP contribution in [0.3, 0.4) is 0 Å². The molecule has 1 aromatic heterocycles. The van der Waals surface area contributed by atoms with Crippen LogP contribution >= 0.6 is 0 Å². The molecule has 3 heteroatoms. The summed E-state index contributed by atoms with van der Waals surface area (Å²) in [5.41, 5.74) is 1.23. The quantitative estimate of drug-likeness (QED) is 0.859. The van der Waals surface area contributed by atoms with E-state index in [0.29, 0.717) is 6.61 Å². The van der Waals surface area contributed by atoms with Crippen molar-refractivity contribution in [1.29, 1.82) is 0 Å². The predicted molar refractivity (Wildman–Crippen MR) is 67.0 cm³/mol. The molecule has 0 aliphatic heterocycles. The zero-order chi connectivity index (χ0) is 12.1. The molecule has 3 nitrogen and oxygen atoms in total. The molecule has 0 saturated heterocycles.